The van der Waals surface area contributed by atoms with Crippen molar-refractivity contribution in [3.8, 4) is 34.5 Å². The molecule has 1 heterocycles. The lowest BCUT2D eigenvalue weighted by Crippen LogP contribution is -2.03. The zero-order chi connectivity index (χ0) is 20.2. The molecule has 1 aliphatic heterocycles. The fourth-order valence-corrected chi connectivity index (χ4v) is 2.98. The normalized spacial score (nSPS) is 17.3. The van der Waals surface area contributed by atoms with E-state index in [9.17, 15) is 0 Å². The number of epoxide rings is 1. The predicted octanol–water partition coefficient (Wildman–Crippen LogP) is 5.84. The van der Waals surface area contributed by atoms with Gasteiger partial charge in [-0.05, 0) is 55.2 Å². The van der Waals surface area contributed by atoms with Gasteiger partial charge in [0, 0.05) is 18.2 Å². The molecule has 5 nitrogen and oxygen atoms in total. The van der Waals surface area contributed by atoms with Crippen molar-refractivity contribution >= 4 is 0 Å². The largest absolute Gasteiger partial charge is 0.493 e. The number of ether oxygens (including phenoxy) is 5. The Morgan fingerprint density at radius 3 is 1.53 bits per heavy atom. The molecular weight excluding hydrogens is 380 g/mol. The van der Waals surface area contributed by atoms with Crippen LogP contribution >= 0.6 is 0 Å². The molecule has 0 N–H and O–H groups in total. The fraction of sp³-hybridized carbons (Fsp3) is 0.280. The standard InChI is InChI=1S/C25H24O5/c1-4-19(26-15-18-10-11-18)12-21(6-1)29-23-8-3-9-24(14-23)30-22-7-2-5-20(13-22)27-16-25-17-28-25/h1-9,12-14,18,25H,10-11,15-17H2. The van der Waals surface area contributed by atoms with Crippen molar-refractivity contribution in [2.75, 3.05) is 19.8 Å². The van der Waals surface area contributed by atoms with Crippen LogP contribution in [0.3, 0.4) is 0 Å². The van der Waals surface area contributed by atoms with Crippen LogP contribution in [-0.2, 0) is 4.74 Å². The number of hydrogen-bond acceptors (Lipinski definition) is 5. The molecule has 30 heavy (non-hydrogen) atoms. The fourth-order valence-electron chi connectivity index (χ4n) is 2.98. The van der Waals surface area contributed by atoms with E-state index in [0.717, 1.165) is 30.5 Å². The Kier molecular flexibility index (Phi) is 5.44. The Labute approximate surface area is 176 Å². The molecule has 3 aromatic carbocycles. The highest BCUT2D eigenvalue weighted by Crippen LogP contribution is 2.32. The summed E-state index contributed by atoms with van der Waals surface area (Å²) in [5.74, 6) is 5.14. The van der Waals surface area contributed by atoms with E-state index in [2.05, 4.69) is 0 Å². The van der Waals surface area contributed by atoms with Gasteiger partial charge < -0.3 is 23.7 Å². The van der Waals surface area contributed by atoms with Gasteiger partial charge in [0.2, 0.25) is 0 Å². The van der Waals surface area contributed by atoms with Crippen LogP contribution in [0.4, 0.5) is 0 Å². The van der Waals surface area contributed by atoms with Gasteiger partial charge in [0.15, 0.2) is 0 Å². The summed E-state index contributed by atoms with van der Waals surface area (Å²) in [5.41, 5.74) is 0. The predicted molar refractivity (Wildman–Crippen MR) is 113 cm³/mol. The number of rotatable bonds is 10. The Morgan fingerprint density at radius 2 is 1.07 bits per heavy atom. The summed E-state index contributed by atoms with van der Waals surface area (Å²) in [4.78, 5) is 0. The SMILES string of the molecule is c1cc(OCC2CC2)cc(Oc2cccc(Oc3cccc(OCC4CO4)c3)c2)c1. The quantitative estimate of drug-likeness (QED) is 0.398. The van der Waals surface area contributed by atoms with Gasteiger partial charge in [0.05, 0.1) is 13.2 Å². The minimum absolute atomic E-state index is 0.223. The van der Waals surface area contributed by atoms with Crippen LogP contribution in [-0.4, -0.2) is 25.9 Å². The first-order chi connectivity index (χ1) is 14.8. The van der Waals surface area contributed by atoms with Gasteiger partial charge >= 0.3 is 0 Å². The van der Waals surface area contributed by atoms with E-state index < -0.39 is 0 Å². The topological polar surface area (TPSA) is 49.5 Å². The van der Waals surface area contributed by atoms with Crippen molar-refractivity contribution in [1.82, 2.24) is 0 Å². The van der Waals surface area contributed by atoms with E-state index in [1.165, 1.54) is 12.8 Å². The lowest BCUT2D eigenvalue weighted by molar-refractivity contribution is 0.262. The third kappa shape index (κ3) is 5.45. The summed E-state index contributed by atoms with van der Waals surface area (Å²) in [6.07, 6.45) is 2.76. The number of hydrogen-bond donors (Lipinski definition) is 0. The van der Waals surface area contributed by atoms with Gasteiger partial charge in [-0.25, -0.2) is 0 Å². The summed E-state index contributed by atoms with van der Waals surface area (Å²) in [5, 5.41) is 0. The molecule has 0 amide bonds. The molecular formula is C25H24O5. The molecule has 154 valence electrons. The lowest BCUT2D eigenvalue weighted by atomic mass is 10.3. The van der Waals surface area contributed by atoms with Gasteiger partial charge in [-0.15, -0.1) is 0 Å². The molecule has 1 aliphatic carbocycles. The Balaban J connectivity index is 1.22. The second kappa shape index (κ2) is 8.67. The molecule has 5 heteroatoms. The first-order valence-corrected chi connectivity index (χ1v) is 10.3. The van der Waals surface area contributed by atoms with Gasteiger partial charge in [-0.3, -0.25) is 0 Å². The highest BCUT2D eigenvalue weighted by atomic mass is 16.6. The number of benzene rings is 3. The summed E-state index contributed by atoms with van der Waals surface area (Å²) < 4.78 is 28.7. The highest BCUT2D eigenvalue weighted by molar-refractivity contribution is 5.42. The molecule has 0 radical (unpaired) electrons. The third-order valence-electron chi connectivity index (χ3n) is 4.91. The summed E-state index contributed by atoms with van der Waals surface area (Å²) in [6.45, 7) is 2.12. The third-order valence-corrected chi connectivity index (χ3v) is 4.91. The molecule has 0 spiro atoms. The van der Waals surface area contributed by atoms with Crippen LogP contribution < -0.4 is 18.9 Å². The average molecular weight is 404 g/mol. The van der Waals surface area contributed by atoms with Crippen LogP contribution in [0.1, 0.15) is 12.8 Å². The minimum Gasteiger partial charge on any atom is -0.493 e. The van der Waals surface area contributed by atoms with Crippen LogP contribution in [0.5, 0.6) is 34.5 Å². The van der Waals surface area contributed by atoms with E-state index in [-0.39, 0.29) is 6.10 Å². The van der Waals surface area contributed by atoms with Crippen LogP contribution in [0.15, 0.2) is 72.8 Å². The average Bonchev–Trinajstić information content (AvgIpc) is 3.67. The molecule has 0 bridgehead atoms. The Hall–Kier alpha value is -3.18. The molecule has 0 aromatic heterocycles. The summed E-state index contributed by atoms with van der Waals surface area (Å²) >= 11 is 0. The molecule has 2 aliphatic rings. The zero-order valence-electron chi connectivity index (χ0n) is 16.7. The van der Waals surface area contributed by atoms with Gasteiger partial charge in [0.1, 0.15) is 47.2 Å². The molecule has 1 unspecified atom stereocenters. The highest BCUT2D eigenvalue weighted by Gasteiger charge is 2.23. The van der Waals surface area contributed by atoms with E-state index >= 15 is 0 Å². The molecule has 1 saturated heterocycles. The first kappa shape index (κ1) is 18.8. The van der Waals surface area contributed by atoms with E-state index in [1.807, 2.05) is 72.8 Å². The molecule has 5 rings (SSSR count). The van der Waals surface area contributed by atoms with Crippen molar-refractivity contribution in [3.63, 3.8) is 0 Å². The molecule has 1 atom stereocenters. The maximum atomic E-state index is 6.02. The second-order valence-electron chi connectivity index (χ2n) is 7.65. The van der Waals surface area contributed by atoms with E-state index in [1.54, 1.807) is 0 Å². The molecule has 3 aromatic rings. The summed E-state index contributed by atoms with van der Waals surface area (Å²) in [6, 6.07) is 22.9. The van der Waals surface area contributed by atoms with E-state index in [0.29, 0.717) is 29.8 Å². The van der Waals surface area contributed by atoms with E-state index in [4.69, 9.17) is 23.7 Å². The van der Waals surface area contributed by atoms with Crippen LogP contribution in [0.25, 0.3) is 0 Å². The lowest BCUT2D eigenvalue weighted by Gasteiger charge is -2.11. The van der Waals surface area contributed by atoms with Crippen molar-refractivity contribution < 1.29 is 23.7 Å². The van der Waals surface area contributed by atoms with Crippen molar-refractivity contribution in [1.29, 1.82) is 0 Å². The maximum Gasteiger partial charge on any atom is 0.131 e. The Morgan fingerprint density at radius 1 is 0.633 bits per heavy atom. The van der Waals surface area contributed by atoms with Crippen molar-refractivity contribution in [2.24, 2.45) is 5.92 Å². The molecule has 1 saturated carbocycles. The molecule has 2 fully saturated rings. The van der Waals surface area contributed by atoms with Crippen LogP contribution in [0.2, 0.25) is 0 Å². The van der Waals surface area contributed by atoms with Crippen molar-refractivity contribution in [3.05, 3.63) is 72.8 Å². The second-order valence-corrected chi connectivity index (χ2v) is 7.65. The first-order valence-electron chi connectivity index (χ1n) is 10.3. The van der Waals surface area contributed by atoms with Crippen molar-refractivity contribution in [2.45, 2.75) is 18.9 Å². The van der Waals surface area contributed by atoms with Gasteiger partial charge in [0.25, 0.3) is 0 Å². The van der Waals surface area contributed by atoms with Gasteiger partial charge in [-0.1, -0.05) is 18.2 Å². The maximum absolute atomic E-state index is 6.02. The van der Waals surface area contributed by atoms with Crippen LogP contribution in [0, 0.1) is 5.92 Å². The monoisotopic (exact) mass is 404 g/mol. The zero-order valence-corrected chi connectivity index (χ0v) is 16.7. The summed E-state index contributed by atoms with van der Waals surface area (Å²) in [7, 11) is 0. The van der Waals surface area contributed by atoms with Gasteiger partial charge in [-0.2, -0.15) is 0 Å². The Bertz CT molecular complexity index is 917. The minimum atomic E-state index is 0.223. The smallest absolute Gasteiger partial charge is 0.131 e.